The number of amides is 2. The van der Waals surface area contributed by atoms with Crippen molar-refractivity contribution in [2.45, 2.75) is 19.6 Å². The summed E-state index contributed by atoms with van der Waals surface area (Å²) >= 11 is 1.39. The van der Waals surface area contributed by atoms with Gasteiger partial charge in [0.25, 0.3) is 0 Å². The van der Waals surface area contributed by atoms with Gasteiger partial charge in [0.05, 0.1) is 0 Å². The van der Waals surface area contributed by atoms with Crippen molar-refractivity contribution in [3.8, 4) is 0 Å². The molecule has 0 unspecified atom stereocenters. The second kappa shape index (κ2) is 7.85. The van der Waals surface area contributed by atoms with Crippen molar-refractivity contribution in [3.63, 3.8) is 0 Å². The molecule has 2 aromatic rings. The number of carbonyl (C=O) groups excluding carboxylic acids is 2. The van der Waals surface area contributed by atoms with E-state index in [1.165, 1.54) is 35.6 Å². The number of aliphatic hydroxyl groups is 1. The molecular formula is C16H17FN2O3S. The average Bonchev–Trinajstić information content (AvgIpc) is 2.97. The molecule has 0 aliphatic rings. The molecule has 2 amide bonds. The van der Waals surface area contributed by atoms with Gasteiger partial charge < -0.3 is 15.7 Å². The number of rotatable bonds is 5. The summed E-state index contributed by atoms with van der Waals surface area (Å²) in [5.74, 6) is -1.99. The van der Waals surface area contributed by atoms with Gasteiger partial charge >= 0.3 is 11.8 Å². The molecule has 23 heavy (non-hydrogen) atoms. The largest absolute Gasteiger partial charge is 0.386 e. The Morgan fingerprint density at radius 2 is 1.83 bits per heavy atom. The minimum absolute atomic E-state index is 0.0375. The van der Waals surface area contributed by atoms with Gasteiger partial charge in [-0.2, -0.15) is 0 Å². The summed E-state index contributed by atoms with van der Waals surface area (Å²) < 4.78 is 12.8. The quantitative estimate of drug-likeness (QED) is 0.727. The molecule has 0 bridgehead atoms. The first-order chi connectivity index (χ1) is 11.0. The molecule has 0 aliphatic heterocycles. The topological polar surface area (TPSA) is 78.4 Å². The van der Waals surface area contributed by atoms with Crippen molar-refractivity contribution in [3.05, 3.63) is 57.5 Å². The van der Waals surface area contributed by atoms with Crippen molar-refractivity contribution in [1.82, 2.24) is 10.6 Å². The van der Waals surface area contributed by atoms with Crippen molar-refractivity contribution >= 4 is 23.2 Å². The predicted octanol–water partition coefficient (Wildman–Crippen LogP) is 1.66. The van der Waals surface area contributed by atoms with Crippen LogP contribution in [0, 0.1) is 12.7 Å². The Labute approximate surface area is 137 Å². The van der Waals surface area contributed by atoms with Crippen LogP contribution in [0.15, 0.2) is 35.7 Å². The SMILES string of the molecule is Cc1ccsc1[C@@H](O)CNC(=O)C(=O)NCc1ccc(F)cc1. The lowest BCUT2D eigenvalue weighted by Gasteiger charge is -2.11. The maximum Gasteiger partial charge on any atom is 0.309 e. The lowest BCUT2D eigenvalue weighted by Crippen LogP contribution is -2.41. The number of benzene rings is 1. The third-order valence-corrected chi connectivity index (χ3v) is 4.35. The predicted molar refractivity (Wildman–Crippen MR) is 85.3 cm³/mol. The van der Waals surface area contributed by atoms with E-state index in [4.69, 9.17) is 0 Å². The summed E-state index contributed by atoms with van der Waals surface area (Å²) in [6.07, 6.45) is -0.844. The molecule has 1 atom stereocenters. The van der Waals surface area contributed by atoms with Crippen LogP contribution in [-0.2, 0) is 16.1 Å². The first-order valence-corrected chi connectivity index (χ1v) is 7.88. The summed E-state index contributed by atoms with van der Waals surface area (Å²) in [6, 6.07) is 7.48. The average molecular weight is 336 g/mol. The Morgan fingerprint density at radius 1 is 1.17 bits per heavy atom. The Bertz CT molecular complexity index is 685. The molecule has 122 valence electrons. The zero-order valence-corrected chi connectivity index (χ0v) is 13.3. The van der Waals surface area contributed by atoms with Crippen LogP contribution in [0.4, 0.5) is 4.39 Å². The molecule has 0 saturated carbocycles. The van der Waals surface area contributed by atoms with Gasteiger partial charge in [0.15, 0.2) is 0 Å². The van der Waals surface area contributed by atoms with Crippen LogP contribution < -0.4 is 10.6 Å². The minimum atomic E-state index is -0.844. The molecule has 0 spiro atoms. The number of nitrogens with one attached hydrogen (secondary N) is 2. The highest BCUT2D eigenvalue weighted by Crippen LogP contribution is 2.22. The number of aliphatic hydroxyl groups excluding tert-OH is 1. The standard InChI is InChI=1S/C16H17FN2O3S/c1-10-6-7-23-14(10)13(20)9-19-16(22)15(21)18-8-11-2-4-12(17)5-3-11/h2-7,13,20H,8-9H2,1H3,(H,18,21)(H,19,22)/t13-/m0/s1. The molecule has 0 radical (unpaired) electrons. The molecule has 0 aliphatic carbocycles. The summed E-state index contributed by atoms with van der Waals surface area (Å²) in [4.78, 5) is 24.1. The summed E-state index contributed by atoms with van der Waals surface area (Å²) in [5.41, 5.74) is 1.62. The molecule has 7 heteroatoms. The lowest BCUT2D eigenvalue weighted by atomic mass is 10.2. The van der Waals surface area contributed by atoms with Gasteiger partial charge in [0.1, 0.15) is 11.9 Å². The van der Waals surface area contributed by atoms with Gasteiger partial charge in [-0.15, -0.1) is 11.3 Å². The van der Waals surface area contributed by atoms with Gasteiger partial charge in [-0.05, 0) is 41.6 Å². The van der Waals surface area contributed by atoms with Gasteiger partial charge in [-0.3, -0.25) is 9.59 Å². The van der Waals surface area contributed by atoms with E-state index in [-0.39, 0.29) is 18.9 Å². The van der Waals surface area contributed by atoms with Crippen LogP contribution in [0.3, 0.4) is 0 Å². The first-order valence-electron chi connectivity index (χ1n) is 7.00. The number of aryl methyl sites for hydroxylation is 1. The normalized spacial score (nSPS) is 11.8. The molecule has 5 nitrogen and oxygen atoms in total. The van der Waals surface area contributed by atoms with E-state index in [9.17, 15) is 19.1 Å². The number of halogens is 1. The highest BCUT2D eigenvalue weighted by Gasteiger charge is 2.17. The van der Waals surface area contributed by atoms with Crippen molar-refractivity contribution in [1.29, 1.82) is 0 Å². The molecule has 2 rings (SSSR count). The Morgan fingerprint density at radius 3 is 2.43 bits per heavy atom. The fourth-order valence-electron chi connectivity index (χ4n) is 1.95. The number of carbonyl (C=O) groups is 2. The van der Waals surface area contributed by atoms with Gasteiger partial charge in [-0.1, -0.05) is 12.1 Å². The van der Waals surface area contributed by atoms with Gasteiger partial charge in [0.2, 0.25) is 0 Å². The molecule has 0 saturated heterocycles. The Kier molecular flexibility index (Phi) is 5.84. The monoisotopic (exact) mass is 336 g/mol. The van der Waals surface area contributed by atoms with Crippen LogP contribution in [0.1, 0.15) is 22.1 Å². The van der Waals surface area contributed by atoms with Crippen LogP contribution in [0.5, 0.6) is 0 Å². The molecule has 3 N–H and O–H groups in total. The molecule has 1 aromatic heterocycles. The van der Waals surface area contributed by atoms with E-state index < -0.39 is 17.9 Å². The summed E-state index contributed by atoms with van der Waals surface area (Å²) in [5, 5.41) is 16.7. The van der Waals surface area contributed by atoms with Crippen molar-refractivity contribution in [2.75, 3.05) is 6.54 Å². The van der Waals surface area contributed by atoms with E-state index in [1.807, 2.05) is 18.4 Å². The minimum Gasteiger partial charge on any atom is -0.386 e. The zero-order chi connectivity index (χ0) is 16.8. The molecule has 1 aromatic carbocycles. The number of thiophene rings is 1. The Hall–Kier alpha value is -2.25. The van der Waals surface area contributed by atoms with E-state index in [0.717, 1.165) is 10.4 Å². The lowest BCUT2D eigenvalue weighted by molar-refractivity contribution is -0.139. The van der Waals surface area contributed by atoms with Crippen LogP contribution >= 0.6 is 11.3 Å². The zero-order valence-electron chi connectivity index (χ0n) is 12.5. The maximum absolute atomic E-state index is 12.8. The summed E-state index contributed by atoms with van der Waals surface area (Å²) in [6.45, 7) is 1.95. The van der Waals surface area contributed by atoms with Crippen molar-refractivity contribution < 1.29 is 19.1 Å². The fourth-order valence-corrected chi connectivity index (χ4v) is 2.87. The smallest absolute Gasteiger partial charge is 0.309 e. The fraction of sp³-hybridized carbons (Fsp3) is 0.250. The van der Waals surface area contributed by atoms with Crippen LogP contribution in [-0.4, -0.2) is 23.5 Å². The number of hydrogen-bond acceptors (Lipinski definition) is 4. The third kappa shape index (κ3) is 4.87. The molecule has 0 fully saturated rings. The second-order valence-electron chi connectivity index (χ2n) is 5.00. The van der Waals surface area contributed by atoms with Gasteiger partial charge in [0, 0.05) is 18.0 Å². The highest BCUT2D eigenvalue weighted by atomic mass is 32.1. The Balaban J connectivity index is 1.77. The van der Waals surface area contributed by atoms with Crippen LogP contribution in [0.25, 0.3) is 0 Å². The van der Waals surface area contributed by atoms with E-state index >= 15 is 0 Å². The number of hydrogen-bond donors (Lipinski definition) is 3. The van der Waals surface area contributed by atoms with E-state index in [2.05, 4.69) is 10.6 Å². The van der Waals surface area contributed by atoms with Crippen molar-refractivity contribution in [2.24, 2.45) is 0 Å². The van der Waals surface area contributed by atoms with Crippen LogP contribution in [0.2, 0.25) is 0 Å². The van der Waals surface area contributed by atoms with Gasteiger partial charge in [-0.25, -0.2) is 4.39 Å². The summed E-state index contributed by atoms with van der Waals surface area (Å²) in [7, 11) is 0. The first kappa shape index (κ1) is 17.1. The third-order valence-electron chi connectivity index (χ3n) is 3.23. The molecule has 1 heterocycles. The molecular weight excluding hydrogens is 319 g/mol. The van der Waals surface area contributed by atoms with E-state index in [1.54, 1.807) is 0 Å². The highest BCUT2D eigenvalue weighted by molar-refractivity contribution is 7.10. The maximum atomic E-state index is 12.8. The van der Waals surface area contributed by atoms with E-state index in [0.29, 0.717) is 5.56 Å². The second-order valence-corrected chi connectivity index (χ2v) is 5.95.